The van der Waals surface area contributed by atoms with E-state index < -0.39 is 0 Å². The van der Waals surface area contributed by atoms with Crippen molar-refractivity contribution in [2.24, 2.45) is 17.3 Å². The van der Waals surface area contributed by atoms with Gasteiger partial charge in [-0.1, -0.05) is 13.3 Å². The zero-order valence-corrected chi connectivity index (χ0v) is 15.6. The highest BCUT2D eigenvalue weighted by Gasteiger charge is 2.57. The fraction of sp³-hybridized carbons (Fsp3) is 0.750. The first-order valence-electron chi connectivity index (χ1n) is 9.67. The molecule has 1 aliphatic heterocycles. The quantitative estimate of drug-likeness (QED) is 0.872. The lowest BCUT2D eigenvalue weighted by atomic mass is 9.93. The molecule has 1 spiro atoms. The monoisotopic (exact) mass is 346 g/mol. The molecule has 4 rings (SSSR count). The van der Waals surface area contributed by atoms with Gasteiger partial charge >= 0.3 is 0 Å². The topological polar surface area (TPSA) is 32.3 Å². The lowest BCUT2D eigenvalue weighted by Gasteiger charge is -2.30. The molecular formula is C20H30N2OS. The Hall–Kier alpha value is -0.870. The van der Waals surface area contributed by atoms with Gasteiger partial charge in [0.1, 0.15) is 0 Å². The summed E-state index contributed by atoms with van der Waals surface area (Å²) in [5, 5.41) is 7.81. The van der Waals surface area contributed by atoms with Gasteiger partial charge in [0.2, 0.25) is 5.91 Å². The summed E-state index contributed by atoms with van der Waals surface area (Å²) in [4.78, 5) is 15.4. The van der Waals surface area contributed by atoms with Crippen molar-refractivity contribution in [2.45, 2.75) is 64.5 Å². The smallest absolute Gasteiger partial charge is 0.223 e. The van der Waals surface area contributed by atoms with E-state index in [2.05, 4.69) is 34.0 Å². The van der Waals surface area contributed by atoms with Crippen molar-refractivity contribution in [2.75, 3.05) is 13.1 Å². The molecule has 1 N–H and O–H groups in total. The third-order valence-electron chi connectivity index (χ3n) is 6.64. The van der Waals surface area contributed by atoms with Gasteiger partial charge in [0.15, 0.2) is 0 Å². The van der Waals surface area contributed by atoms with Gasteiger partial charge in [-0.05, 0) is 84.8 Å². The molecule has 2 saturated carbocycles. The van der Waals surface area contributed by atoms with E-state index in [4.69, 9.17) is 0 Å². The van der Waals surface area contributed by atoms with E-state index in [1.807, 2.05) is 0 Å². The number of nitrogens with zero attached hydrogens (tertiary/aromatic N) is 1. The summed E-state index contributed by atoms with van der Waals surface area (Å²) in [6, 6.07) is 2.67. The highest BCUT2D eigenvalue weighted by atomic mass is 32.1. The first kappa shape index (κ1) is 16.6. The molecule has 3 fully saturated rings. The highest BCUT2D eigenvalue weighted by Crippen LogP contribution is 2.56. The number of nitrogens with one attached hydrogen (secondary N) is 1. The standard InChI is InChI=1S/C20H30N2OS/c1-15-2-3-16(10-15)11-19(23)22(13-17-4-9-24-14-17)18-12-20(18)5-7-21-8-6-20/h4,9,14-16,18,21H,2-3,5-8,10-13H2,1H3. The van der Waals surface area contributed by atoms with Crippen molar-refractivity contribution in [1.29, 1.82) is 0 Å². The minimum absolute atomic E-state index is 0.417. The van der Waals surface area contributed by atoms with Crippen LogP contribution in [0.15, 0.2) is 16.8 Å². The van der Waals surface area contributed by atoms with Crippen molar-refractivity contribution >= 4 is 17.2 Å². The molecule has 1 aromatic rings. The molecule has 3 nitrogen and oxygen atoms in total. The molecule has 0 aromatic carbocycles. The van der Waals surface area contributed by atoms with E-state index in [9.17, 15) is 4.79 Å². The number of hydrogen-bond donors (Lipinski definition) is 1. The van der Waals surface area contributed by atoms with Crippen LogP contribution >= 0.6 is 11.3 Å². The average molecular weight is 347 g/mol. The summed E-state index contributed by atoms with van der Waals surface area (Å²) in [5.74, 6) is 1.85. The van der Waals surface area contributed by atoms with Gasteiger partial charge in [-0.3, -0.25) is 4.79 Å². The Labute approximate surface area is 149 Å². The number of amides is 1. The van der Waals surface area contributed by atoms with Crippen molar-refractivity contribution < 1.29 is 4.79 Å². The van der Waals surface area contributed by atoms with Crippen LogP contribution in [0, 0.1) is 17.3 Å². The summed E-state index contributed by atoms with van der Waals surface area (Å²) in [6.07, 6.45) is 8.29. The molecule has 1 aromatic heterocycles. The van der Waals surface area contributed by atoms with Gasteiger partial charge in [-0.2, -0.15) is 11.3 Å². The normalized spacial score (nSPS) is 31.3. The summed E-state index contributed by atoms with van der Waals surface area (Å²) in [5.41, 5.74) is 1.74. The molecule has 3 atom stereocenters. The maximum atomic E-state index is 13.2. The van der Waals surface area contributed by atoms with Gasteiger partial charge in [-0.25, -0.2) is 0 Å². The van der Waals surface area contributed by atoms with Gasteiger partial charge in [0.05, 0.1) is 0 Å². The molecule has 1 amide bonds. The first-order valence-corrected chi connectivity index (χ1v) is 10.6. The Morgan fingerprint density at radius 3 is 2.88 bits per heavy atom. The van der Waals surface area contributed by atoms with E-state index >= 15 is 0 Å². The first-order chi connectivity index (χ1) is 11.7. The second-order valence-electron chi connectivity index (χ2n) is 8.47. The van der Waals surface area contributed by atoms with Crippen LogP contribution < -0.4 is 5.32 Å². The molecule has 1 saturated heterocycles. The number of carbonyl (C=O) groups excluding carboxylic acids is 1. The number of thiophene rings is 1. The molecule has 3 unspecified atom stereocenters. The maximum absolute atomic E-state index is 13.2. The lowest BCUT2D eigenvalue weighted by Crippen LogP contribution is -2.39. The van der Waals surface area contributed by atoms with E-state index in [1.54, 1.807) is 11.3 Å². The number of carbonyl (C=O) groups is 1. The van der Waals surface area contributed by atoms with Gasteiger partial charge in [0, 0.05) is 19.0 Å². The van der Waals surface area contributed by atoms with Gasteiger partial charge in [-0.15, -0.1) is 0 Å². The zero-order chi connectivity index (χ0) is 16.6. The van der Waals surface area contributed by atoms with Crippen LogP contribution in [0.25, 0.3) is 0 Å². The fourth-order valence-corrected chi connectivity index (χ4v) is 5.71. The molecule has 4 heteroatoms. The van der Waals surface area contributed by atoms with Crippen LogP contribution in [0.3, 0.4) is 0 Å². The van der Waals surface area contributed by atoms with E-state index in [0.29, 0.717) is 23.3 Å². The summed E-state index contributed by atoms with van der Waals surface area (Å²) >= 11 is 1.74. The van der Waals surface area contributed by atoms with Crippen molar-refractivity contribution in [1.82, 2.24) is 10.2 Å². The Kier molecular flexibility index (Phi) is 4.70. The number of hydrogen-bond acceptors (Lipinski definition) is 3. The number of rotatable bonds is 5. The van der Waals surface area contributed by atoms with Crippen LogP contribution in [-0.2, 0) is 11.3 Å². The van der Waals surface area contributed by atoms with Crippen molar-refractivity contribution in [3.63, 3.8) is 0 Å². The van der Waals surface area contributed by atoms with E-state index in [0.717, 1.165) is 32.0 Å². The van der Waals surface area contributed by atoms with Crippen LogP contribution in [-0.4, -0.2) is 29.9 Å². The van der Waals surface area contributed by atoms with Crippen LogP contribution in [0.4, 0.5) is 0 Å². The lowest BCUT2D eigenvalue weighted by molar-refractivity contribution is -0.134. The second-order valence-corrected chi connectivity index (χ2v) is 9.25. The zero-order valence-electron chi connectivity index (χ0n) is 14.8. The van der Waals surface area contributed by atoms with E-state index in [1.165, 1.54) is 44.1 Å². The third-order valence-corrected chi connectivity index (χ3v) is 7.37. The second kappa shape index (κ2) is 6.80. The number of piperidine rings is 1. The molecule has 2 aliphatic carbocycles. The molecule has 2 heterocycles. The van der Waals surface area contributed by atoms with Gasteiger partial charge in [0.25, 0.3) is 0 Å². The van der Waals surface area contributed by atoms with E-state index in [-0.39, 0.29) is 0 Å². The van der Waals surface area contributed by atoms with Crippen molar-refractivity contribution in [3.05, 3.63) is 22.4 Å². The fourth-order valence-electron chi connectivity index (χ4n) is 5.05. The molecule has 24 heavy (non-hydrogen) atoms. The molecular weight excluding hydrogens is 316 g/mol. The third kappa shape index (κ3) is 3.41. The Morgan fingerprint density at radius 2 is 2.21 bits per heavy atom. The molecule has 132 valence electrons. The minimum atomic E-state index is 0.417. The van der Waals surface area contributed by atoms with Crippen LogP contribution in [0.5, 0.6) is 0 Å². The Morgan fingerprint density at radius 1 is 1.38 bits per heavy atom. The minimum Gasteiger partial charge on any atom is -0.335 e. The van der Waals surface area contributed by atoms with Gasteiger partial charge < -0.3 is 10.2 Å². The average Bonchev–Trinajstić information content (AvgIpc) is 2.96. The largest absolute Gasteiger partial charge is 0.335 e. The molecule has 3 aliphatic rings. The Balaban J connectivity index is 1.45. The van der Waals surface area contributed by atoms with Crippen molar-refractivity contribution in [3.8, 4) is 0 Å². The summed E-state index contributed by atoms with van der Waals surface area (Å²) in [6.45, 7) is 5.40. The SMILES string of the molecule is CC1CCC(CC(=O)N(Cc2ccsc2)C2CC23CCNCC3)C1. The highest BCUT2D eigenvalue weighted by molar-refractivity contribution is 7.07. The van der Waals surface area contributed by atoms with Crippen LogP contribution in [0.1, 0.15) is 57.4 Å². The predicted octanol–water partition coefficient (Wildman–Crippen LogP) is 4.05. The Bertz CT molecular complexity index is 564. The molecule has 0 bridgehead atoms. The summed E-state index contributed by atoms with van der Waals surface area (Å²) in [7, 11) is 0. The van der Waals surface area contributed by atoms with Crippen LogP contribution in [0.2, 0.25) is 0 Å². The predicted molar refractivity (Wildman–Crippen MR) is 98.9 cm³/mol. The summed E-state index contributed by atoms with van der Waals surface area (Å²) < 4.78 is 0. The maximum Gasteiger partial charge on any atom is 0.223 e. The molecule has 0 radical (unpaired) electrons.